The molecule has 202 valence electrons. The van der Waals surface area contributed by atoms with Crippen molar-refractivity contribution in [3.05, 3.63) is 99.0 Å². The maximum absolute atomic E-state index is 13.8. The number of carbonyl (C=O) groups excluding carboxylic acids is 3. The Labute approximate surface area is 235 Å². The van der Waals surface area contributed by atoms with Crippen LogP contribution in [0.4, 0.5) is 15.8 Å². The van der Waals surface area contributed by atoms with Crippen LogP contribution in [-0.2, 0) is 20.9 Å². The molecule has 2 aliphatic rings. The molecule has 2 unspecified atom stereocenters. The zero-order valence-electron chi connectivity index (χ0n) is 20.9. The number of nitrogens with one attached hydrogen (secondary N) is 1. The number of benzene rings is 2. The molecule has 12 heteroatoms. The molecule has 3 atom stereocenters. The Morgan fingerprint density at radius 3 is 2.48 bits per heavy atom. The van der Waals surface area contributed by atoms with Crippen LogP contribution in [0.2, 0.25) is 0 Å². The van der Waals surface area contributed by atoms with Crippen molar-refractivity contribution in [3.8, 4) is 5.75 Å². The smallest absolute Gasteiger partial charge is 0.308 e. The minimum atomic E-state index is -0.847. The number of carbonyl (C=O) groups is 3. The molecular formula is C28H21FN4O5S2. The summed E-state index contributed by atoms with van der Waals surface area (Å²) in [5.74, 6) is -2.59. The van der Waals surface area contributed by atoms with E-state index in [-0.39, 0.29) is 17.1 Å². The lowest BCUT2D eigenvalue weighted by Crippen LogP contribution is -2.33. The predicted molar refractivity (Wildman–Crippen MR) is 148 cm³/mol. The van der Waals surface area contributed by atoms with Crippen LogP contribution in [0.15, 0.2) is 82.9 Å². The lowest BCUT2D eigenvalue weighted by molar-refractivity contribution is -0.122. The number of thioether (sulfide) groups is 1. The van der Waals surface area contributed by atoms with Crippen molar-refractivity contribution in [1.29, 1.82) is 0 Å². The third-order valence-corrected chi connectivity index (χ3v) is 9.46. The maximum atomic E-state index is 13.8. The highest BCUT2D eigenvalue weighted by Crippen LogP contribution is 2.53. The summed E-state index contributed by atoms with van der Waals surface area (Å²) < 4.78 is 20.1. The lowest BCUT2D eigenvalue weighted by atomic mass is 9.84. The van der Waals surface area contributed by atoms with Gasteiger partial charge in [0.15, 0.2) is 0 Å². The average molecular weight is 577 g/mol. The minimum absolute atomic E-state index is 0.273. The van der Waals surface area contributed by atoms with Gasteiger partial charge < -0.3 is 10.1 Å². The number of hydrogen-bond donors (Lipinski definition) is 1. The number of imide groups is 1. The second-order valence-corrected chi connectivity index (χ2v) is 11.3. The highest BCUT2D eigenvalue weighted by atomic mass is 32.2. The Morgan fingerprint density at radius 1 is 1.05 bits per heavy atom. The molecular weight excluding hydrogens is 555 g/mol. The molecule has 2 aliphatic heterocycles. The Hall–Kier alpha value is -4.29. The summed E-state index contributed by atoms with van der Waals surface area (Å²) in [5.41, 5.74) is 1.49. The van der Waals surface area contributed by atoms with Crippen molar-refractivity contribution in [2.24, 2.45) is 5.92 Å². The van der Waals surface area contributed by atoms with Crippen LogP contribution in [0.1, 0.15) is 16.4 Å². The molecule has 4 aromatic rings. The van der Waals surface area contributed by atoms with Crippen LogP contribution in [0.5, 0.6) is 5.75 Å². The number of amides is 3. The van der Waals surface area contributed by atoms with Gasteiger partial charge in [-0.2, -0.15) is 0 Å². The van der Waals surface area contributed by atoms with E-state index in [0.29, 0.717) is 26.9 Å². The third kappa shape index (κ3) is 4.48. The van der Waals surface area contributed by atoms with E-state index >= 15 is 0 Å². The molecule has 0 bridgehead atoms. The number of anilines is 2. The van der Waals surface area contributed by atoms with E-state index in [1.54, 1.807) is 55.9 Å². The second-order valence-electron chi connectivity index (χ2n) is 9.22. The number of thiazole rings is 1. The topological polar surface area (TPSA) is 111 Å². The van der Waals surface area contributed by atoms with E-state index in [1.807, 2.05) is 0 Å². The predicted octanol–water partition coefficient (Wildman–Crippen LogP) is 3.89. The SMILES string of the molecule is COc1ccc(NC(=O)Cn2c3c(sc2=O)[C@H](c2cccnc2)C2C(=O)N(c4ccc(F)cc4)C(=O)C2S3)cc1. The summed E-state index contributed by atoms with van der Waals surface area (Å²) in [4.78, 5) is 59.1. The first kappa shape index (κ1) is 26.0. The Balaban J connectivity index is 1.37. The van der Waals surface area contributed by atoms with Crippen molar-refractivity contribution in [2.45, 2.75) is 22.7 Å². The van der Waals surface area contributed by atoms with Gasteiger partial charge in [0.25, 0.3) is 0 Å². The summed E-state index contributed by atoms with van der Waals surface area (Å²) in [7, 11) is 1.54. The number of fused-ring (bicyclic) bond motifs is 2. The molecule has 0 radical (unpaired) electrons. The van der Waals surface area contributed by atoms with Crippen LogP contribution < -0.4 is 19.8 Å². The quantitative estimate of drug-likeness (QED) is 0.347. The van der Waals surface area contributed by atoms with Gasteiger partial charge in [-0.15, -0.1) is 0 Å². The maximum Gasteiger partial charge on any atom is 0.308 e. The van der Waals surface area contributed by atoms with Crippen LogP contribution in [-0.4, -0.2) is 39.6 Å². The largest absolute Gasteiger partial charge is 0.497 e. The Bertz CT molecular complexity index is 1670. The van der Waals surface area contributed by atoms with Crippen molar-refractivity contribution < 1.29 is 23.5 Å². The molecule has 2 aromatic heterocycles. The molecule has 4 heterocycles. The molecule has 3 amide bonds. The van der Waals surface area contributed by atoms with Gasteiger partial charge in [0, 0.05) is 28.9 Å². The van der Waals surface area contributed by atoms with E-state index < -0.39 is 40.6 Å². The van der Waals surface area contributed by atoms with E-state index in [2.05, 4.69) is 10.3 Å². The number of pyridine rings is 1. The van der Waals surface area contributed by atoms with Gasteiger partial charge in [-0.1, -0.05) is 29.2 Å². The van der Waals surface area contributed by atoms with E-state index in [0.717, 1.165) is 28.0 Å². The lowest BCUT2D eigenvalue weighted by Gasteiger charge is -2.30. The highest BCUT2D eigenvalue weighted by Gasteiger charge is 2.56. The Morgan fingerprint density at radius 2 is 1.80 bits per heavy atom. The summed E-state index contributed by atoms with van der Waals surface area (Å²) in [6.45, 7) is -0.273. The number of methoxy groups -OCH3 is 1. The number of aromatic nitrogens is 2. The van der Waals surface area contributed by atoms with Crippen LogP contribution in [0, 0.1) is 11.7 Å². The molecule has 0 saturated carbocycles. The molecule has 6 rings (SSSR count). The van der Waals surface area contributed by atoms with Crippen molar-refractivity contribution >= 4 is 52.2 Å². The molecule has 2 aromatic carbocycles. The van der Waals surface area contributed by atoms with Crippen molar-refractivity contribution in [1.82, 2.24) is 9.55 Å². The molecule has 0 spiro atoms. The highest BCUT2D eigenvalue weighted by molar-refractivity contribution is 8.00. The first-order valence-electron chi connectivity index (χ1n) is 12.2. The molecule has 9 nitrogen and oxygen atoms in total. The zero-order valence-corrected chi connectivity index (χ0v) is 22.6. The number of halogens is 1. The zero-order chi connectivity index (χ0) is 28.0. The normalized spacial score (nSPS) is 19.8. The van der Waals surface area contributed by atoms with E-state index in [4.69, 9.17) is 4.74 Å². The van der Waals surface area contributed by atoms with Crippen LogP contribution >= 0.6 is 23.1 Å². The van der Waals surface area contributed by atoms with Gasteiger partial charge in [0.05, 0.1) is 23.7 Å². The van der Waals surface area contributed by atoms with E-state index in [1.165, 1.54) is 28.8 Å². The summed E-state index contributed by atoms with van der Waals surface area (Å²) in [5, 5.41) is 2.40. The molecule has 0 aliphatic carbocycles. The molecule has 1 saturated heterocycles. The number of ether oxygens (including phenoxy) is 1. The number of hydrogen-bond acceptors (Lipinski definition) is 8. The van der Waals surface area contributed by atoms with Crippen LogP contribution in [0.3, 0.4) is 0 Å². The third-order valence-electron chi connectivity index (χ3n) is 6.85. The van der Waals surface area contributed by atoms with Gasteiger partial charge in [0.1, 0.15) is 23.4 Å². The fourth-order valence-corrected chi connectivity index (χ4v) is 7.81. The van der Waals surface area contributed by atoms with Gasteiger partial charge in [0.2, 0.25) is 17.7 Å². The average Bonchev–Trinajstić information content (AvgIpc) is 3.40. The van der Waals surface area contributed by atoms with Crippen molar-refractivity contribution in [3.63, 3.8) is 0 Å². The van der Waals surface area contributed by atoms with E-state index in [9.17, 15) is 23.6 Å². The summed E-state index contributed by atoms with van der Waals surface area (Å²) in [6.07, 6.45) is 3.22. The second kappa shape index (κ2) is 10.4. The first-order chi connectivity index (χ1) is 19.4. The van der Waals surface area contributed by atoms with Gasteiger partial charge in [-0.05, 0) is 60.2 Å². The number of nitrogens with zero attached hydrogens (tertiary/aromatic N) is 3. The fraction of sp³-hybridized carbons (Fsp3) is 0.179. The van der Waals surface area contributed by atoms with Gasteiger partial charge in [-0.3, -0.25) is 28.7 Å². The van der Waals surface area contributed by atoms with Crippen molar-refractivity contribution in [2.75, 3.05) is 17.3 Å². The standard InChI is InChI=1S/C28H21FN4O5S2/c1-38-19-10-6-17(7-11-19)31-20(34)14-32-27-24(40-28(32)37)21(15-3-2-12-30-13-15)22-23(39-27)26(36)33(25(22)35)18-8-4-16(29)5-9-18/h2-13,21-23H,14H2,1H3,(H,31,34)/t21-,22?,23?/m1/s1. The van der Waals surface area contributed by atoms with Crippen LogP contribution in [0.25, 0.3) is 0 Å². The number of rotatable bonds is 6. The fourth-order valence-electron chi connectivity index (χ4n) is 5.04. The summed E-state index contributed by atoms with van der Waals surface area (Å²) >= 11 is 2.07. The monoisotopic (exact) mass is 576 g/mol. The first-order valence-corrected chi connectivity index (χ1v) is 13.9. The molecule has 1 fully saturated rings. The minimum Gasteiger partial charge on any atom is -0.497 e. The van der Waals surface area contributed by atoms with Gasteiger partial charge in [-0.25, -0.2) is 9.29 Å². The Kier molecular flexibility index (Phi) is 6.72. The van der Waals surface area contributed by atoms with Gasteiger partial charge >= 0.3 is 4.87 Å². The summed E-state index contributed by atoms with van der Waals surface area (Å²) in [6, 6.07) is 15.5. The molecule has 1 N–H and O–H groups in total. The molecule has 40 heavy (non-hydrogen) atoms.